The normalized spacial score (nSPS) is 18.4. The summed E-state index contributed by atoms with van der Waals surface area (Å²) in [6.07, 6.45) is 7.12. The van der Waals surface area contributed by atoms with E-state index in [0.29, 0.717) is 34.3 Å². The first-order valence-electron chi connectivity index (χ1n) is 12.3. The van der Waals surface area contributed by atoms with E-state index in [4.69, 9.17) is 20.1 Å². The van der Waals surface area contributed by atoms with Crippen LogP contribution in [0.15, 0.2) is 30.3 Å². The molecule has 0 fully saturated rings. The van der Waals surface area contributed by atoms with Gasteiger partial charge in [-0.1, -0.05) is 5.92 Å². The minimum atomic E-state index is -3.64. The predicted octanol–water partition coefficient (Wildman–Crippen LogP) is 3.87. The van der Waals surface area contributed by atoms with E-state index in [-0.39, 0.29) is 37.2 Å². The van der Waals surface area contributed by atoms with Crippen LogP contribution in [0.25, 0.3) is 10.9 Å². The molecule has 1 aliphatic heterocycles. The van der Waals surface area contributed by atoms with Crippen LogP contribution < -0.4 is 4.74 Å². The number of aromatic nitrogens is 1. The summed E-state index contributed by atoms with van der Waals surface area (Å²) >= 11 is 0. The van der Waals surface area contributed by atoms with Gasteiger partial charge >= 0.3 is 5.97 Å². The van der Waals surface area contributed by atoms with E-state index in [0.717, 1.165) is 11.8 Å². The summed E-state index contributed by atoms with van der Waals surface area (Å²) in [5.41, 5.74) is 2.97. The van der Waals surface area contributed by atoms with Crippen LogP contribution in [0.5, 0.6) is 5.75 Å². The molecule has 3 aromatic rings. The number of nitrogens with zero attached hydrogens (tertiary/aromatic N) is 1. The molecule has 0 spiro atoms. The number of carbonyl (C=O) groups excluding carboxylic acids is 1. The van der Waals surface area contributed by atoms with Crippen molar-refractivity contribution < 1.29 is 35.6 Å². The van der Waals surface area contributed by atoms with Crippen molar-refractivity contribution in [1.29, 1.82) is 0 Å². The highest BCUT2D eigenvalue weighted by Gasteiger charge is 2.40. The number of esters is 1. The maximum Gasteiger partial charge on any atom is 0.322 e. The largest absolute Gasteiger partial charge is 0.491 e. The molecule has 0 radical (unpaired) electrons. The Morgan fingerprint density at radius 2 is 2.00 bits per heavy atom. The maximum atomic E-state index is 15.7. The number of H-pyrrole nitrogens is 1. The Kier molecular flexibility index (Phi) is 8.30. The van der Waals surface area contributed by atoms with E-state index in [2.05, 4.69) is 10.9 Å². The standard InChI is InChI=1S/C28H30F2N2O6S/c1-6-18(28(33)36-4)15-32-16(2)13-21-20-14-19(29)7-9-23(20)31-26(21)27(32)25-17(3)24(10-8-22(25)30)37-11-12-38-39(5,34)35/h1,7-10,14,16,18,27,31H,11-13,15H2,2-5H3/t16-,18-,27-/m1/s1. The molecule has 11 heteroatoms. The molecular weight excluding hydrogens is 530 g/mol. The summed E-state index contributed by atoms with van der Waals surface area (Å²) < 4.78 is 67.9. The highest BCUT2D eigenvalue weighted by molar-refractivity contribution is 7.85. The average Bonchev–Trinajstić information content (AvgIpc) is 3.23. The number of methoxy groups -OCH3 is 1. The molecule has 1 N–H and O–H groups in total. The van der Waals surface area contributed by atoms with Gasteiger partial charge in [-0.25, -0.2) is 8.78 Å². The number of carbonyl (C=O) groups is 1. The minimum Gasteiger partial charge on any atom is -0.491 e. The number of terminal acetylenes is 1. The lowest BCUT2D eigenvalue weighted by atomic mass is 9.85. The zero-order chi connectivity index (χ0) is 28.5. The predicted molar refractivity (Wildman–Crippen MR) is 142 cm³/mol. The number of nitrogens with one attached hydrogen (secondary N) is 1. The molecule has 2 heterocycles. The minimum absolute atomic E-state index is 0.0812. The zero-order valence-corrected chi connectivity index (χ0v) is 22.9. The number of aromatic amines is 1. The monoisotopic (exact) mass is 560 g/mol. The molecule has 2 aromatic carbocycles. The van der Waals surface area contributed by atoms with Gasteiger partial charge in [-0.05, 0) is 61.7 Å². The van der Waals surface area contributed by atoms with Crippen molar-refractivity contribution >= 4 is 27.0 Å². The molecule has 3 atom stereocenters. The molecule has 0 bridgehead atoms. The van der Waals surface area contributed by atoms with Crippen molar-refractivity contribution in [3.8, 4) is 18.1 Å². The van der Waals surface area contributed by atoms with E-state index in [1.54, 1.807) is 13.0 Å². The highest BCUT2D eigenvalue weighted by Crippen LogP contribution is 2.44. The molecule has 1 aromatic heterocycles. The van der Waals surface area contributed by atoms with Crippen LogP contribution in [0.2, 0.25) is 0 Å². The fraction of sp³-hybridized carbons (Fsp3) is 0.393. The van der Waals surface area contributed by atoms with Crippen molar-refractivity contribution in [2.45, 2.75) is 32.4 Å². The van der Waals surface area contributed by atoms with Gasteiger partial charge in [-0.2, -0.15) is 8.42 Å². The Labute approximate surface area is 226 Å². The van der Waals surface area contributed by atoms with Gasteiger partial charge in [0.2, 0.25) is 0 Å². The summed E-state index contributed by atoms with van der Waals surface area (Å²) in [4.78, 5) is 17.7. The van der Waals surface area contributed by atoms with Crippen molar-refractivity contribution in [2.75, 3.05) is 33.1 Å². The van der Waals surface area contributed by atoms with Gasteiger partial charge in [-0.3, -0.25) is 13.9 Å². The molecule has 208 valence electrons. The van der Waals surface area contributed by atoms with Crippen LogP contribution in [-0.4, -0.2) is 63.4 Å². The first-order chi connectivity index (χ1) is 18.4. The third kappa shape index (κ3) is 5.93. The van der Waals surface area contributed by atoms with Gasteiger partial charge < -0.3 is 14.5 Å². The SMILES string of the molecule is C#C[C@H](CN1[C@H](c2c(F)ccc(OCCOS(C)(=O)=O)c2C)c2[nH]c3ccc(F)cc3c2C[C@H]1C)C(=O)OC. The summed E-state index contributed by atoms with van der Waals surface area (Å²) in [7, 11) is -2.38. The van der Waals surface area contributed by atoms with Gasteiger partial charge in [-0.15, -0.1) is 6.42 Å². The molecule has 39 heavy (non-hydrogen) atoms. The van der Waals surface area contributed by atoms with Gasteiger partial charge in [0, 0.05) is 34.7 Å². The maximum absolute atomic E-state index is 15.7. The van der Waals surface area contributed by atoms with E-state index in [1.807, 2.05) is 11.8 Å². The first kappa shape index (κ1) is 28.5. The smallest absolute Gasteiger partial charge is 0.322 e. The number of hydrogen-bond donors (Lipinski definition) is 1. The van der Waals surface area contributed by atoms with Gasteiger partial charge in [0.15, 0.2) is 0 Å². The Morgan fingerprint density at radius 1 is 1.26 bits per heavy atom. The van der Waals surface area contributed by atoms with E-state index >= 15 is 4.39 Å². The molecule has 0 saturated heterocycles. The van der Waals surface area contributed by atoms with Crippen LogP contribution in [0, 0.1) is 36.8 Å². The van der Waals surface area contributed by atoms with Gasteiger partial charge in [0.05, 0.1) is 19.4 Å². The van der Waals surface area contributed by atoms with E-state index < -0.39 is 33.9 Å². The quantitative estimate of drug-likeness (QED) is 0.184. The number of fused-ring (bicyclic) bond motifs is 3. The van der Waals surface area contributed by atoms with Crippen molar-refractivity contribution in [2.24, 2.45) is 5.92 Å². The number of ether oxygens (including phenoxy) is 2. The first-order valence-corrected chi connectivity index (χ1v) is 14.1. The lowest BCUT2D eigenvalue weighted by Crippen LogP contribution is -2.46. The molecule has 0 unspecified atom stereocenters. The molecule has 0 aliphatic carbocycles. The van der Waals surface area contributed by atoms with Crippen LogP contribution in [0.3, 0.4) is 0 Å². The van der Waals surface area contributed by atoms with Crippen LogP contribution in [-0.2, 0) is 30.3 Å². The van der Waals surface area contributed by atoms with E-state index in [9.17, 15) is 17.6 Å². The summed E-state index contributed by atoms with van der Waals surface area (Å²) in [6, 6.07) is 6.24. The van der Waals surface area contributed by atoms with Crippen LogP contribution in [0.1, 0.15) is 35.3 Å². The number of hydrogen-bond acceptors (Lipinski definition) is 7. The Morgan fingerprint density at radius 3 is 2.67 bits per heavy atom. The second-order valence-corrected chi connectivity index (χ2v) is 11.2. The van der Waals surface area contributed by atoms with Crippen molar-refractivity contribution in [3.63, 3.8) is 0 Å². The topological polar surface area (TPSA) is 97.9 Å². The molecular formula is C28H30F2N2O6S. The van der Waals surface area contributed by atoms with Crippen molar-refractivity contribution in [3.05, 3.63) is 64.4 Å². The fourth-order valence-electron chi connectivity index (χ4n) is 5.18. The van der Waals surface area contributed by atoms with Gasteiger partial charge in [0.1, 0.15) is 36.5 Å². The molecule has 1 aliphatic rings. The lowest BCUT2D eigenvalue weighted by molar-refractivity contribution is -0.144. The molecule has 0 saturated carbocycles. The Balaban J connectivity index is 1.83. The second kappa shape index (κ2) is 11.3. The van der Waals surface area contributed by atoms with Crippen LogP contribution in [0.4, 0.5) is 8.78 Å². The molecule has 4 rings (SSSR count). The second-order valence-electron chi connectivity index (χ2n) is 9.56. The fourth-order valence-corrected chi connectivity index (χ4v) is 5.55. The number of halogens is 2. The van der Waals surface area contributed by atoms with E-state index in [1.165, 1.54) is 31.4 Å². The summed E-state index contributed by atoms with van der Waals surface area (Å²) in [5, 5.41) is 0.700. The number of benzene rings is 2. The zero-order valence-electron chi connectivity index (χ0n) is 22.1. The Hall–Kier alpha value is -3.46. The number of rotatable bonds is 9. The lowest BCUT2D eigenvalue weighted by Gasteiger charge is -2.42. The third-order valence-corrected chi connectivity index (χ3v) is 7.57. The van der Waals surface area contributed by atoms with Crippen LogP contribution >= 0.6 is 0 Å². The Bertz CT molecular complexity index is 1550. The van der Waals surface area contributed by atoms with Crippen molar-refractivity contribution in [1.82, 2.24) is 9.88 Å². The van der Waals surface area contributed by atoms with Gasteiger partial charge in [0.25, 0.3) is 10.1 Å². The summed E-state index contributed by atoms with van der Waals surface area (Å²) in [5.74, 6) is 0.443. The molecule has 0 amide bonds. The summed E-state index contributed by atoms with van der Waals surface area (Å²) in [6.45, 7) is 3.43. The highest BCUT2D eigenvalue weighted by atomic mass is 32.2. The third-order valence-electron chi connectivity index (χ3n) is 6.98. The molecule has 8 nitrogen and oxygen atoms in total. The average molecular weight is 561 g/mol.